The quantitative estimate of drug-likeness (QED) is 0.489. The molecule has 8 heteroatoms. The van der Waals surface area contributed by atoms with Crippen LogP contribution in [0.1, 0.15) is 36.5 Å². The largest absolute Gasteiger partial charge is 0.493 e. The van der Waals surface area contributed by atoms with E-state index >= 15 is 0 Å². The fourth-order valence-corrected chi connectivity index (χ4v) is 4.34. The number of ether oxygens (including phenoxy) is 3. The van der Waals surface area contributed by atoms with Crippen LogP contribution in [0.2, 0.25) is 0 Å². The van der Waals surface area contributed by atoms with E-state index in [0.717, 1.165) is 48.3 Å². The Morgan fingerprint density at radius 3 is 2.26 bits per heavy atom. The van der Waals surface area contributed by atoms with E-state index in [4.69, 9.17) is 19.6 Å². The van der Waals surface area contributed by atoms with Gasteiger partial charge < -0.3 is 29.7 Å². The Hall–Kier alpha value is -3.26. The van der Waals surface area contributed by atoms with E-state index in [1.54, 1.807) is 28.4 Å². The second kappa shape index (κ2) is 11.7. The highest BCUT2D eigenvalue weighted by molar-refractivity contribution is 6.12. The molecular formula is C26H36N4O4. The Bertz CT molecular complexity index is 985. The third-order valence-corrected chi connectivity index (χ3v) is 6.31. The van der Waals surface area contributed by atoms with Gasteiger partial charge in [-0.25, -0.2) is 4.79 Å². The van der Waals surface area contributed by atoms with Gasteiger partial charge in [0, 0.05) is 50.1 Å². The van der Waals surface area contributed by atoms with Crippen molar-refractivity contribution in [1.82, 2.24) is 10.6 Å². The van der Waals surface area contributed by atoms with E-state index in [1.807, 2.05) is 31.2 Å². The zero-order valence-electron chi connectivity index (χ0n) is 20.7. The van der Waals surface area contributed by atoms with Gasteiger partial charge >= 0.3 is 6.03 Å². The van der Waals surface area contributed by atoms with Gasteiger partial charge in [-0.1, -0.05) is 12.1 Å². The topological polar surface area (TPSA) is 95.9 Å². The molecule has 0 saturated carbocycles. The van der Waals surface area contributed by atoms with E-state index in [-0.39, 0.29) is 12.1 Å². The van der Waals surface area contributed by atoms with Gasteiger partial charge in [0.1, 0.15) is 0 Å². The van der Waals surface area contributed by atoms with E-state index in [2.05, 4.69) is 27.7 Å². The Labute approximate surface area is 202 Å². The molecular weight excluding hydrogens is 432 g/mol. The van der Waals surface area contributed by atoms with Gasteiger partial charge in [-0.15, -0.1) is 0 Å². The Kier molecular flexibility index (Phi) is 8.76. The van der Waals surface area contributed by atoms with Crippen molar-refractivity contribution in [3.8, 4) is 11.5 Å². The van der Waals surface area contributed by atoms with Crippen LogP contribution < -0.4 is 25.0 Å². The second-order valence-electron chi connectivity index (χ2n) is 8.54. The summed E-state index contributed by atoms with van der Waals surface area (Å²) in [6.45, 7) is 3.86. The molecule has 184 valence electrons. The molecule has 0 spiro atoms. The number of amides is 2. The molecule has 1 fully saturated rings. The lowest BCUT2D eigenvalue weighted by Gasteiger charge is -2.33. The van der Waals surface area contributed by atoms with Crippen LogP contribution in [-0.2, 0) is 11.2 Å². The smallest absolute Gasteiger partial charge is 0.314 e. The highest BCUT2D eigenvalue weighted by Crippen LogP contribution is 2.33. The van der Waals surface area contributed by atoms with Crippen molar-refractivity contribution in [3.05, 3.63) is 53.1 Å². The van der Waals surface area contributed by atoms with Crippen molar-refractivity contribution in [2.75, 3.05) is 46.4 Å². The van der Waals surface area contributed by atoms with Crippen LogP contribution >= 0.6 is 0 Å². The lowest BCUT2D eigenvalue weighted by molar-refractivity contribution is 0.0819. The summed E-state index contributed by atoms with van der Waals surface area (Å²) in [4.78, 5) is 14.1. The Morgan fingerprint density at radius 1 is 1.09 bits per heavy atom. The van der Waals surface area contributed by atoms with Crippen molar-refractivity contribution in [2.24, 2.45) is 0 Å². The number of urea groups is 1. The maximum Gasteiger partial charge on any atom is 0.314 e. The first-order chi connectivity index (χ1) is 16.4. The minimum atomic E-state index is -0.241. The van der Waals surface area contributed by atoms with E-state index < -0.39 is 0 Å². The third-order valence-electron chi connectivity index (χ3n) is 6.31. The number of nitrogens with zero attached hydrogens (tertiary/aromatic N) is 1. The van der Waals surface area contributed by atoms with Crippen LogP contribution in [0.5, 0.6) is 11.5 Å². The van der Waals surface area contributed by atoms with E-state index in [0.29, 0.717) is 29.7 Å². The standard InChI is InChI=1S/C26H36N4O4/c1-17(29-26(31)28-2)14-19-15-23(33-4)24(34-5)16-22(19)25(27)18-6-8-20(9-7-18)30-12-10-21(32-3)11-13-30/h6-9,15-17,21,27H,10-14H2,1-5H3,(H2,28,29,31)/t17-/m0/s1. The molecule has 1 aliphatic heterocycles. The Balaban J connectivity index is 1.85. The van der Waals surface area contributed by atoms with Crippen molar-refractivity contribution < 1.29 is 19.0 Å². The number of methoxy groups -OCH3 is 3. The molecule has 3 rings (SSSR count). The first kappa shape index (κ1) is 25.4. The first-order valence-corrected chi connectivity index (χ1v) is 11.6. The predicted molar refractivity (Wildman–Crippen MR) is 135 cm³/mol. The van der Waals surface area contributed by atoms with Gasteiger partial charge in [0.25, 0.3) is 0 Å². The molecule has 0 unspecified atom stereocenters. The maximum absolute atomic E-state index is 11.8. The molecule has 34 heavy (non-hydrogen) atoms. The minimum Gasteiger partial charge on any atom is -0.493 e. The molecule has 2 aromatic carbocycles. The summed E-state index contributed by atoms with van der Waals surface area (Å²) in [5.41, 5.74) is 4.01. The van der Waals surface area contributed by atoms with Gasteiger partial charge in [0.05, 0.1) is 26.0 Å². The zero-order chi connectivity index (χ0) is 24.7. The summed E-state index contributed by atoms with van der Waals surface area (Å²) >= 11 is 0. The fraction of sp³-hybridized carbons (Fsp3) is 0.462. The first-order valence-electron chi connectivity index (χ1n) is 11.6. The molecule has 3 N–H and O–H groups in total. The van der Waals surface area contributed by atoms with Gasteiger partial charge in [-0.3, -0.25) is 5.41 Å². The summed E-state index contributed by atoms with van der Waals surface area (Å²) in [5.74, 6) is 1.16. The number of benzene rings is 2. The number of rotatable bonds is 9. The molecule has 1 heterocycles. The number of carbonyl (C=O) groups is 1. The van der Waals surface area contributed by atoms with Crippen LogP contribution in [0.15, 0.2) is 36.4 Å². The van der Waals surface area contributed by atoms with E-state index in [1.165, 1.54) is 0 Å². The molecule has 2 aromatic rings. The Morgan fingerprint density at radius 2 is 1.71 bits per heavy atom. The van der Waals surface area contributed by atoms with Gasteiger partial charge in [0.15, 0.2) is 11.5 Å². The lowest BCUT2D eigenvalue weighted by Crippen LogP contribution is -2.40. The molecule has 0 radical (unpaired) electrons. The fourth-order valence-electron chi connectivity index (χ4n) is 4.34. The SMILES string of the molecule is CNC(=O)N[C@@H](C)Cc1cc(OC)c(OC)cc1C(=N)c1ccc(N2CCC(OC)CC2)cc1. The monoisotopic (exact) mass is 468 g/mol. The predicted octanol–water partition coefficient (Wildman–Crippen LogP) is 3.60. The van der Waals surface area contributed by atoms with E-state index in [9.17, 15) is 4.79 Å². The molecule has 1 aliphatic rings. The van der Waals surface area contributed by atoms with Crippen LogP contribution in [-0.4, -0.2) is 65.4 Å². The number of anilines is 1. The molecule has 0 aliphatic carbocycles. The summed E-state index contributed by atoms with van der Waals surface area (Å²) < 4.78 is 16.5. The molecule has 1 atom stereocenters. The zero-order valence-corrected chi connectivity index (χ0v) is 20.7. The summed E-state index contributed by atoms with van der Waals surface area (Å²) in [7, 11) is 6.54. The maximum atomic E-state index is 11.8. The molecule has 2 amide bonds. The lowest BCUT2D eigenvalue weighted by atomic mass is 9.93. The van der Waals surface area contributed by atoms with Crippen molar-refractivity contribution >= 4 is 17.4 Å². The van der Waals surface area contributed by atoms with Crippen LogP contribution in [0.4, 0.5) is 10.5 Å². The number of piperidine rings is 1. The molecule has 1 saturated heterocycles. The average Bonchev–Trinajstić information content (AvgIpc) is 2.88. The van der Waals surface area contributed by atoms with Crippen molar-refractivity contribution in [3.63, 3.8) is 0 Å². The summed E-state index contributed by atoms with van der Waals surface area (Å²) in [6.07, 6.45) is 2.92. The number of hydrogen-bond donors (Lipinski definition) is 3. The summed E-state index contributed by atoms with van der Waals surface area (Å²) in [6, 6.07) is 11.5. The van der Waals surface area contributed by atoms with Crippen molar-refractivity contribution in [1.29, 1.82) is 5.41 Å². The van der Waals surface area contributed by atoms with Crippen molar-refractivity contribution in [2.45, 2.75) is 38.3 Å². The minimum absolute atomic E-state index is 0.137. The highest BCUT2D eigenvalue weighted by Gasteiger charge is 2.21. The second-order valence-corrected chi connectivity index (χ2v) is 8.54. The normalized spacial score (nSPS) is 14.9. The van der Waals surface area contributed by atoms with Gasteiger partial charge in [0.2, 0.25) is 0 Å². The summed E-state index contributed by atoms with van der Waals surface area (Å²) in [5, 5.41) is 14.4. The molecule has 0 aromatic heterocycles. The van der Waals surface area contributed by atoms with Gasteiger partial charge in [-0.05, 0) is 56.0 Å². The third kappa shape index (κ3) is 5.99. The number of hydrogen-bond acceptors (Lipinski definition) is 6. The van der Waals surface area contributed by atoms with Crippen LogP contribution in [0.3, 0.4) is 0 Å². The number of nitrogens with one attached hydrogen (secondary N) is 3. The van der Waals surface area contributed by atoms with Crippen LogP contribution in [0.25, 0.3) is 0 Å². The molecule has 8 nitrogen and oxygen atoms in total. The number of carbonyl (C=O) groups excluding carboxylic acids is 1. The van der Waals surface area contributed by atoms with Gasteiger partial charge in [-0.2, -0.15) is 0 Å². The highest BCUT2D eigenvalue weighted by atomic mass is 16.5. The van der Waals surface area contributed by atoms with Crippen LogP contribution in [0, 0.1) is 5.41 Å². The molecule has 0 bridgehead atoms. The average molecular weight is 469 g/mol.